The molecule has 0 amide bonds. The van der Waals surface area contributed by atoms with Crippen molar-refractivity contribution in [1.29, 1.82) is 0 Å². The molecule has 0 heterocycles. The van der Waals surface area contributed by atoms with Crippen LogP contribution >= 0.6 is 11.6 Å². The molecule has 0 aromatic carbocycles. The molecule has 0 N–H and O–H groups in total. The Morgan fingerprint density at radius 2 is 2.00 bits per heavy atom. The molecule has 15 heavy (non-hydrogen) atoms. The third kappa shape index (κ3) is 3.61. The van der Waals surface area contributed by atoms with E-state index < -0.39 is 0 Å². The maximum Gasteiger partial charge on any atom is 0.100 e. The van der Waals surface area contributed by atoms with Gasteiger partial charge in [0.1, 0.15) is 6.10 Å². The molecule has 0 saturated heterocycles. The molecule has 1 aliphatic carbocycles. The van der Waals surface area contributed by atoms with Crippen LogP contribution < -0.4 is 0 Å². The van der Waals surface area contributed by atoms with E-state index in [9.17, 15) is 0 Å². The maximum absolute atomic E-state index is 6.11. The number of alkyl halides is 1. The van der Waals surface area contributed by atoms with Crippen LogP contribution in [0.25, 0.3) is 0 Å². The standard InChI is InChI=1S/C12H23ClO2/c1-5-7-14-11-9(13)8-10(11)15-12(3,4)6-2/h9-11H,5-8H2,1-4H3. The van der Waals surface area contributed by atoms with Crippen LogP contribution in [0.1, 0.15) is 47.0 Å². The van der Waals surface area contributed by atoms with Crippen molar-refractivity contribution in [2.75, 3.05) is 6.61 Å². The van der Waals surface area contributed by atoms with Crippen molar-refractivity contribution in [3.63, 3.8) is 0 Å². The number of halogens is 1. The van der Waals surface area contributed by atoms with Gasteiger partial charge >= 0.3 is 0 Å². The van der Waals surface area contributed by atoms with Gasteiger partial charge in [0.2, 0.25) is 0 Å². The molecule has 1 rings (SSSR count). The van der Waals surface area contributed by atoms with Gasteiger partial charge in [0.05, 0.1) is 17.1 Å². The summed E-state index contributed by atoms with van der Waals surface area (Å²) in [4.78, 5) is 0. The molecule has 0 spiro atoms. The fourth-order valence-corrected chi connectivity index (χ4v) is 2.01. The second-order valence-corrected chi connectivity index (χ2v) is 5.42. The molecule has 3 heteroatoms. The van der Waals surface area contributed by atoms with E-state index in [0.29, 0.717) is 0 Å². The fraction of sp³-hybridized carbons (Fsp3) is 1.00. The summed E-state index contributed by atoms with van der Waals surface area (Å²) < 4.78 is 11.7. The zero-order valence-corrected chi connectivity index (χ0v) is 11.0. The Labute approximate surface area is 98.3 Å². The highest BCUT2D eigenvalue weighted by Crippen LogP contribution is 2.35. The Morgan fingerprint density at radius 3 is 2.47 bits per heavy atom. The van der Waals surface area contributed by atoms with E-state index in [4.69, 9.17) is 21.1 Å². The van der Waals surface area contributed by atoms with Crippen LogP contribution in [-0.4, -0.2) is 29.8 Å². The first-order valence-electron chi connectivity index (χ1n) is 5.93. The Hall–Kier alpha value is 0.210. The van der Waals surface area contributed by atoms with Crippen LogP contribution in [0.4, 0.5) is 0 Å². The lowest BCUT2D eigenvalue weighted by Crippen LogP contribution is -2.53. The van der Waals surface area contributed by atoms with Crippen LogP contribution in [0.5, 0.6) is 0 Å². The molecule has 0 aromatic heterocycles. The topological polar surface area (TPSA) is 18.5 Å². The Balaban J connectivity index is 2.36. The number of hydrogen-bond acceptors (Lipinski definition) is 2. The van der Waals surface area contributed by atoms with E-state index in [1.54, 1.807) is 0 Å². The second-order valence-electron chi connectivity index (χ2n) is 4.86. The van der Waals surface area contributed by atoms with Crippen LogP contribution in [0.2, 0.25) is 0 Å². The zero-order chi connectivity index (χ0) is 11.5. The van der Waals surface area contributed by atoms with Gasteiger partial charge in [-0.1, -0.05) is 13.8 Å². The highest BCUT2D eigenvalue weighted by atomic mass is 35.5. The predicted octanol–water partition coefficient (Wildman–Crippen LogP) is 3.37. The lowest BCUT2D eigenvalue weighted by Gasteiger charge is -2.44. The molecular formula is C12H23ClO2. The molecule has 1 saturated carbocycles. The van der Waals surface area contributed by atoms with E-state index in [-0.39, 0.29) is 23.2 Å². The first kappa shape index (κ1) is 13.3. The first-order valence-corrected chi connectivity index (χ1v) is 6.37. The average molecular weight is 235 g/mol. The normalized spacial score (nSPS) is 31.4. The monoisotopic (exact) mass is 234 g/mol. The van der Waals surface area contributed by atoms with Crippen molar-refractivity contribution in [1.82, 2.24) is 0 Å². The van der Waals surface area contributed by atoms with Crippen LogP contribution in [0.3, 0.4) is 0 Å². The summed E-state index contributed by atoms with van der Waals surface area (Å²) in [5.74, 6) is 0. The summed E-state index contributed by atoms with van der Waals surface area (Å²) >= 11 is 6.11. The van der Waals surface area contributed by atoms with E-state index in [1.165, 1.54) is 0 Å². The maximum atomic E-state index is 6.11. The summed E-state index contributed by atoms with van der Waals surface area (Å²) in [5.41, 5.74) is -0.0600. The van der Waals surface area contributed by atoms with E-state index in [0.717, 1.165) is 25.9 Å². The summed E-state index contributed by atoms with van der Waals surface area (Å²) in [5, 5.41) is 0.134. The van der Waals surface area contributed by atoms with Crippen molar-refractivity contribution in [3.8, 4) is 0 Å². The van der Waals surface area contributed by atoms with Gasteiger partial charge in [-0.2, -0.15) is 0 Å². The van der Waals surface area contributed by atoms with Gasteiger partial charge in [-0.25, -0.2) is 0 Å². The van der Waals surface area contributed by atoms with Gasteiger partial charge in [-0.3, -0.25) is 0 Å². The SMILES string of the molecule is CCCOC1C(Cl)CC1OC(C)(C)CC. The lowest BCUT2D eigenvalue weighted by atomic mass is 9.89. The van der Waals surface area contributed by atoms with Crippen molar-refractivity contribution >= 4 is 11.6 Å². The molecule has 2 nitrogen and oxygen atoms in total. The van der Waals surface area contributed by atoms with Gasteiger partial charge in [0.25, 0.3) is 0 Å². The fourth-order valence-electron chi connectivity index (χ4n) is 1.60. The van der Waals surface area contributed by atoms with Crippen molar-refractivity contribution < 1.29 is 9.47 Å². The van der Waals surface area contributed by atoms with Gasteiger partial charge in [0.15, 0.2) is 0 Å². The molecule has 90 valence electrons. The Kier molecular flexibility index (Phi) is 4.88. The van der Waals surface area contributed by atoms with Crippen molar-refractivity contribution in [3.05, 3.63) is 0 Å². The molecule has 1 aliphatic rings. The van der Waals surface area contributed by atoms with Crippen LogP contribution in [-0.2, 0) is 9.47 Å². The first-order chi connectivity index (χ1) is 7.00. The van der Waals surface area contributed by atoms with Crippen LogP contribution in [0.15, 0.2) is 0 Å². The van der Waals surface area contributed by atoms with Gasteiger partial charge in [0, 0.05) is 6.61 Å². The van der Waals surface area contributed by atoms with Gasteiger partial charge < -0.3 is 9.47 Å². The third-order valence-corrected chi connectivity index (χ3v) is 3.44. The van der Waals surface area contributed by atoms with Gasteiger partial charge in [-0.05, 0) is 33.1 Å². The van der Waals surface area contributed by atoms with Crippen molar-refractivity contribution in [2.45, 2.75) is 70.1 Å². The lowest BCUT2D eigenvalue weighted by molar-refractivity contribution is -0.176. The zero-order valence-electron chi connectivity index (χ0n) is 10.3. The predicted molar refractivity (Wildman–Crippen MR) is 63.5 cm³/mol. The van der Waals surface area contributed by atoms with E-state index in [2.05, 4.69) is 27.7 Å². The molecule has 3 atom stereocenters. The minimum absolute atomic E-state index is 0.0600. The van der Waals surface area contributed by atoms with Crippen molar-refractivity contribution in [2.24, 2.45) is 0 Å². The quantitative estimate of drug-likeness (QED) is 0.656. The molecule has 1 fully saturated rings. The smallest absolute Gasteiger partial charge is 0.100 e. The average Bonchev–Trinajstić information content (AvgIpc) is 2.17. The van der Waals surface area contributed by atoms with E-state index in [1.807, 2.05) is 0 Å². The highest BCUT2D eigenvalue weighted by molar-refractivity contribution is 6.21. The highest BCUT2D eigenvalue weighted by Gasteiger charge is 2.43. The largest absolute Gasteiger partial charge is 0.374 e. The molecule has 3 unspecified atom stereocenters. The minimum Gasteiger partial charge on any atom is -0.374 e. The summed E-state index contributed by atoms with van der Waals surface area (Å²) in [6, 6.07) is 0. The summed E-state index contributed by atoms with van der Waals surface area (Å²) in [7, 11) is 0. The summed E-state index contributed by atoms with van der Waals surface area (Å²) in [6.45, 7) is 9.25. The minimum atomic E-state index is -0.0600. The second kappa shape index (κ2) is 5.51. The third-order valence-electron chi connectivity index (χ3n) is 3.02. The molecule has 0 aromatic rings. The molecule has 0 aliphatic heterocycles. The van der Waals surface area contributed by atoms with Crippen LogP contribution in [0, 0.1) is 0 Å². The van der Waals surface area contributed by atoms with Gasteiger partial charge in [-0.15, -0.1) is 11.6 Å². The summed E-state index contributed by atoms with van der Waals surface area (Å²) in [6.07, 6.45) is 3.24. The molecular weight excluding hydrogens is 212 g/mol. The number of hydrogen-bond donors (Lipinski definition) is 0. The number of ether oxygens (including phenoxy) is 2. The Morgan fingerprint density at radius 1 is 1.33 bits per heavy atom. The number of rotatable bonds is 6. The molecule has 0 radical (unpaired) electrons. The van der Waals surface area contributed by atoms with E-state index >= 15 is 0 Å². The molecule has 0 bridgehead atoms. The Bertz CT molecular complexity index is 194.